The topological polar surface area (TPSA) is 56.7 Å². The van der Waals surface area contributed by atoms with Gasteiger partial charge in [0.15, 0.2) is 17.5 Å². The molecular weight excluding hydrogens is 613 g/mol. The first-order valence-electron chi connectivity index (χ1n) is 16.7. The summed E-state index contributed by atoms with van der Waals surface area (Å²) >= 11 is 0. The minimum atomic E-state index is 0.579. The molecule has 0 saturated carbocycles. The molecule has 0 fully saturated rings. The number of para-hydroxylation sites is 3. The summed E-state index contributed by atoms with van der Waals surface area (Å²) in [5, 5.41) is 4.60. The highest BCUT2D eigenvalue weighted by molar-refractivity contribution is 6.13. The monoisotopic (exact) mass is 640 g/mol. The summed E-state index contributed by atoms with van der Waals surface area (Å²) < 4.78 is 8.78. The van der Waals surface area contributed by atoms with Gasteiger partial charge in [-0.05, 0) is 53.6 Å². The van der Waals surface area contributed by atoms with Crippen molar-refractivity contribution >= 4 is 43.7 Å². The van der Waals surface area contributed by atoms with Crippen LogP contribution in [-0.4, -0.2) is 19.5 Å². The average Bonchev–Trinajstić information content (AvgIpc) is 3.74. The van der Waals surface area contributed by atoms with E-state index in [4.69, 9.17) is 19.4 Å². The van der Waals surface area contributed by atoms with Gasteiger partial charge >= 0.3 is 0 Å². The van der Waals surface area contributed by atoms with Gasteiger partial charge in [0.1, 0.15) is 11.2 Å². The first-order chi connectivity index (χ1) is 24.8. The fourth-order valence-electron chi connectivity index (χ4n) is 7.16. The van der Waals surface area contributed by atoms with Crippen molar-refractivity contribution in [3.05, 3.63) is 170 Å². The highest BCUT2D eigenvalue weighted by Crippen LogP contribution is 2.40. The molecular formula is C45H28N4O. The number of furan rings is 1. The van der Waals surface area contributed by atoms with Gasteiger partial charge in [-0.2, -0.15) is 0 Å². The van der Waals surface area contributed by atoms with Crippen LogP contribution in [-0.2, 0) is 0 Å². The molecule has 3 aromatic heterocycles. The Hall–Kier alpha value is -6.85. The molecule has 50 heavy (non-hydrogen) atoms. The quantitative estimate of drug-likeness (QED) is 0.188. The summed E-state index contributed by atoms with van der Waals surface area (Å²) in [4.78, 5) is 15.3. The number of nitrogens with zero attached hydrogens (tertiary/aromatic N) is 4. The average molecular weight is 641 g/mol. The zero-order valence-corrected chi connectivity index (χ0v) is 26.9. The lowest BCUT2D eigenvalue weighted by molar-refractivity contribution is 0.669. The second-order valence-electron chi connectivity index (χ2n) is 12.5. The Morgan fingerprint density at radius 2 is 0.920 bits per heavy atom. The molecule has 0 N–H and O–H groups in total. The second kappa shape index (κ2) is 11.4. The Kier molecular flexibility index (Phi) is 6.42. The van der Waals surface area contributed by atoms with Gasteiger partial charge in [-0.15, -0.1) is 0 Å². The van der Waals surface area contributed by atoms with Crippen molar-refractivity contribution in [2.24, 2.45) is 0 Å². The van der Waals surface area contributed by atoms with E-state index < -0.39 is 0 Å². The molecule has 234 valence electrons. The van der Waals surface area contributed by atoms with Crippen LogP contribution < -0.4 is 0 Å². The second-order valence-corrected chi connectivity index (χ2v) is 12.5. The lowest BCUT2D eigenvalue weighted by Gasteiger charge is -2.12. The minimum absolute atomic E-state index is 0.579. The highest BCUT2D eigenvalue weighted by atomic mass is 16.3. The molecule has 10 aromatic rings. The molecule has 10 rings (SSSR count). The van der Waals surface area contributed by atoms with Crippen LogP contribution in [0, 0.1) is 0 Å². The minimum Gasteiger partial charge on any atom is -0.456 e. The van der Waals surface area contributed by atoms with E-state index in [-0.39, 0.29) is 0 Å². The molecule has 5 heteroatoms. The van der Waals surface area contributed by atoms with Gasteiger partial charge in [0.2, 0.25) is 0 Å². The number of aromatic nitrogens is 4. The fourth-order valence-corrected chi connectivity index (χ4v) is 7.16. The van der Waals surface area contributed by atoms with Gasteiger partial charge in [0.25, 0.3) is 0 Å². The van der Waals surface area contributed by atoms with Gasteiger partial charge in [0.05, 0.1) is 11.0 Å². The van der Waals surface area contributed by atoms with Crippen LogP contribution in [0.25, 0.3) is 94.7 Å². The predicted octanol–water partition coefficient (Wildman–Crippen LogP) is 11.5. The number of benzene rings is 7. The van der Waals surface area contributed by atoms with Gasteiger partial charge in [0, 0.05) is 43.9 Å². The van der Waals surface area contributed by atoms with E-state index in [1.165, 1.54) is 10.8 Å². The molecule has 3 heterocycles. The summed E-state index contributed by atoms with van der Waals surface area (Å²) in [7, 11) is 0. The van der Waals surface area contributed by atoms with Crippen molar-refractivity contribution in [1.29, 1.82) is 0 Å². The zero-order valence-electron chi connectivity index (χ0n) is 26.9. The Bertz CT molecular complexity index is 2820. The number of hydrogen-bond acceptors (Lipinski definition) is 4. The molecule has 0 aliphatic carbocycles. The summed E-state index contributed by atoms with van der Waals surface area (Å²) in [5.74, 6) is 1.79. The summed E-state index contributed by atoms with van der Waals surface area (Å²) in [6, 6.07) is 58.5. The Labute approximate surface area is 287 Å². The van der Waals surface area contributed by atoms with Crippen LogP contribution in [0.15, 0.2) is 174 Å². The fraction of sp³-hybridized carbons (Fsp3) is 0. The third-order valence-electron chi connectivity index (χ3n) is 9.43. The first-order valence-corrected chi connectivity index (χ1v) is 16.7. The SMILES string of the molecule is c1ccc(-c2nc(-c3cccc(-n4c5ccccc5c5ccccc54)c3)nc(-c3cc(-c4ccccc4)c4c(c3)oc3ccccc34)n2)cc1. The Morgan fingerprint density at radius 1 is 0.380 bits per heavy atom. The maximum Gasteiger partial charge on any atom is 0.164 e. The van der Waals surface area contributed by atoms with Gasteiger partial charge in [-0.3, -0.25) is 0 Å². The van der Waals surface area contributed by atoms with Crippen LogP contribution in [0.5, 0.6) is 0 Å². The predicted molar refractivity (Wildman–Crippen MR) is 203 cm³/mol. The molecule has 0 spiro atoms. The summed E-state index contributed by atoms with van der Waals surface area (Å²) in [6.45, 7) is 0. The van der Waals surface area contributed by atoms with E-state index in [1.807, 2.05) is 48.5 Å². The number of rotatable bonds is 5. The molecule has 0 aliphatic rings. The van der Waals surface area contributed by atoms with Crippen LogP contribution in [0.3, 0.4) is 0 Å². The molecule has 0 radical (unpaired) electrons. The van der Waals surface area contributed by atoms with E-state index >= 15 is 0 Å². The van der Waals surface area contributed by atoms with E-state index in [9.17, 15) is 0 Å². The summed E-state index contributed by atoms with van der Waals surface area (Å²) in [6.07, 6.45) is 0. The molecule has 7 aromatic carbocycles. The first kappa shape index (κ1) is 28.2. The third-order valence-corrected chi connectivity index (χ3v) is 9.43. The number of fused-ring (bicyclic) bond motifs is 6. The van der Waals surface area contributed by atoms with E-state index in [1.54, 1.807) is 0 Å². The lowest BCUT2D eigenvalue weighted by atomic mass is 9.97. The van der Waals surface area contributed by atoms with E-state index in [0.29, 0.717) is 17.5 Å². The Balaban J connectivity index is 1.20. The smallest absolute Gasteiger partial charge is 0.164 e. The normalized spacial score (nSPS) is 11.6. The number of hydrogen-bond donors (Lipinski definition) is 0. The van der Waals surface area contributed by atoms with Gasteiger partial charge in [-0.25, -0.2) is 15.0 Å². The van der Waals surface area contributed by atoms with Crippen molar-refractivity contribution in [3.8, 4) is 51.0 Å². The van der Waals surface area contributed by atoms with Crippen molar-refractivity contribution < 1.29 is 4.42 Å². The van der Waals surface area contributed by atoms with Crippen LogP contribution >= 0.6 is 0 Å². The van der Waals surface area contributed by atoms with Crippen molar-refractivity contribution in [2.45, 2.75) is 0 Å². The summed E-state index contributed by atoms with van der Waals surface area (Å²) in [5.41, 5.74) is 9.83. The molecule has 0 saturated heterocycles. The standard InChI is InChI=1S/C45H28N4O/c1-3-14-29(15-4-1)37-27-32(28-41-42(37)36-22-9-12-25-40(36)50-41)45-47-43(30-16-5-2-6-17-30)46-44(48-45)31-18-13-19-33(26-31)49-38-23-10-7-20-34(38)35-21-8-11-24-39(35)49/h1-28H. The van der Waals surface area contributed by atoms with E-state index in [0.717, 1.165) is 66.5 Å². The van der Waals surface area contributed by atoms with Crippen molar-refractivity contribution in [2.75, 3.05) is 0 Å². The van der Waals surface area contributed by atoms with Crippen LogP contribution in [0.4, 0.5) is 0 Å². The van der Waals surface area contributed by atoms with Gasteiger partial charge in [-0.1, -0.05) is 127 Å². The van der Waals surface area contributed by atoms with Crippen LogP contribution in [0.2, 0.25) is 0 Å². The molecule has 5 nitrogen and oxygen atoms in total. The zero-order chi connectivity index (χ0) is 33.0. The van der Waals surface area contributed by atoms with Crippen molar-refractivity contribution in [3.63, 3.8) is 0 Å². The third kappa shape index (κ3) is 4.60. The van der Waals surface area contributed by atoms with Crippen LogP contribution in [0.1, 0.15) is 0 Å². The Morgan fingerprint density at radius 3 is 1.62 bits per heavy atom. The maximum atomic E-state index is 6.46. The molecule has 0 aliphatic heterocycles. The van der Waals surface area contributed by atoms with Crippen molar-refractivity contribution in [1.82, 2.24) is 19.5 Å². The highest BCUT2D eigenvalue weighted by Gasteiger charge is 2.19. The molecule has 0 unspecified atom stereocenters. The van der Waals surface area contributed by atoms with Gasteiger partial charge < -0.3 is 8.98 Å². The lowest BCUT2D eigenvalue weighted by Crippen LogP contribution is -2.01. The largest absolute Gasteiger partial charge is 0.456 e. The molecule has 0 amide bonds. The molecule has 0 bridgehead atoms. The maximum absolute atomic E-state index is 6.46. The molecule has 0 atom stereocenters. The van der Waals surface area contributed by atoms with E-state index in [2.05, 4.69) is 126 Å².